The maximum Gasteiger partial charge on any atom is 0.256 e. The first-order chi connectivity index (χ1) is 12.1. The lowest BCUT2D eigenvalue weighted by Gasteiger charge is -2.10. The van der Waals surface area contributed by atoms with E-state index in [9.17, 15) is 9.18 Å². The summed E-state index contributed by atoms with van der Waals surface area (Å²) in [6.07, 6.45) is 0. The molecule has 126 valence electrons. The van der Waals surface area contributed by atoms with Crippen molar-refractivity contribution in [2.75, 3.05) is 5.32 Å². The Labute approximate surface area is 159 Å². The minimum atomic E-state index is -0.292. The summed E-state index contributed by atoms with van der Waals surface area (Å²) in [7, 11) is 0. The molecule has 3 nitrogen and oxygen atoms in total. The Morgan fingerprint density at radius 3 is 2.60 bits per heavy atom. The molecule has 1 amide bonds. The summed E-state index contributed by atoms with van der Waals surface area (Å²) >= 11 is 2.13. The molecular weight excluding hydrogens is 432 g/mol. The average Bonchev–Trinajstić information content (AvgIpc) is 2.61. The topological polar surface area (TPSA) is 38.3 Å². The Hall–Kier alpha value is -2.41. The van der Waals surface area contributed by atoms with Crippen LogP contribution in [0.15, 0.2) is 72.8 Å². The number of nitrogens with one attached hydrogen (secondary N) is 1. The van der Waals surface area contributed by atoms with Crippen LogP contribution in [0.1, 0.15) is 15.9 Å². The number of carbonyl (C=O) groups excluding carboxylic acids is 1. The molecule has 0 unspecified atom stereocenters. The molecule has 0 saturated heterocycles. The number of carbonyl (C=O) groups is 1. The summed E-state index contributed by atoms with van der Waals surface area (Å²) in [4.78, 5) is 12.4. The molecule has 3 rings (SSSR count). The molecule has 0 bridgehead atoms. The van der Waals surface area contributed by atoms with E-state index in [1.54, 1.807) is 42.5 Å². The molecule has 3 aromatic rings. The molecule has 0 aromatic heterocycles. The maximum atomic E-state index is 13.2. The second-order valence-electron chi connectivity index (χ2n) is 5.38. The van der Waals surface area contributed by atoms with Gasteiger partial charge in [0, 0.05) is 15.3 Å². The summed E-state index contributed by atoms with van der Waals surface area (Å²) in [5.41, 5.74) is 2.00. The van der Waals surface area contributed by atoms with Crippen LogP contribution < -0.4 is 10.1 Å². The number of benzene rings is 3. The Kier molecular flexibility index (Phi) is 5.65. The molecule has 0 radical (unpaired) electrons. The average molecular weight is 447 g/mol. The Morgan fingerprint density at radius 2 is 1.80 bits per heavy atom. The van der Waals surface area contributed by atoms with E-state index in [2.05, 4.69) is 27.9 Å². The Balaban J connectivity index is 1.67. The molecule has 25 heavy (non-hydrogen) atoms. The Morgan fingerprint density at radius 1 is 1.00 bits per heavy atom. The van der Waals surface area contributed by atoms with Crippen molar-refractivity contribution in [1.82, 2.24) is 0 Å². The standard InChI is InChI=1S/C20H15FINO2/c21-15-6-3-5-14(11-15)13-25-17-8-4-7-16(12-17)23-20(24)18-9-1-2-10-19(18)22/h1-12H,13H2,(H,23,24). The number of hydrogen-bond acceptors (Lipinski definition) is 2. The zero-order valence-electron chi connectivity index (χ0n) is 13.2. The van der Waals surface area contributed by atoms with Gasteiger partial charge < -0.3 is 10.1 Å². The van der Waals surface area contributed by atoms with Crippen LogP contribution in [-0.2, 0) is 6.61 Å². The summed E-state index contributed by atoms with van der Waals surface area (Å²) in [5, 5.41) is 2.86. The van der Waals surface area contributed by atoms with Crippen LogP contribution in [0.5, 0.6) is 5.75 Å². The van der Waals surface area contributed by atoms with Gasteiger partial charge in [0.1, 0.15) is 18.2 Å². The number of rotatable bonds is 5. The molecule has 5 heteroatoms. The summed E-state index contributed by atoms with van der Waals surface area (Å²) < 4.78 is 19.8. The third-order valence-electron chi connectivity index (χ3n) is 3.50. The molecule has 0 aliphatic carbocycles. The van der Waals surface area contributed by atoms with Crippen LogP contribution in [0.25, 0.3) is 0 Å². The third-order valence-corrected chi connectivity index (χ3v) is 4.45. The molecule has 0 atom stereocenters. The largest absolute Gasteiger partial charge is 0.489 e. The first-order valence-electron chi connectivity index (χ1n) is 7.65. The van der Waals surface area contributed by atoms with E-state index in [1.807, 2.05) is 18.2 Å². The monoisotopic (exact) mass is 447 g/mol. The van der Waals surface area contributed by atoms with Gasteiger partial charge in [0.2, 0.25) is 0 Å². The predicted octanol–water partition coefficient (Wildman–Crippen LogP) is 5.26. The normalized spacial score (nSPS) is 10.3. The van der Waals surface area contributed by atoms with Crippen molar-refractivity contribution in [1.29, 1.82) is 0 Å². The van der Waals surface area contributed by atoms with Crippen LogP contribution >= 0.6 is 22.6 Å². The van der Waals surface area contributed by atoms with Crippen molar-refractivity contribution in [3.63, 3.8) is 0 Å². The second-order valence-corrected chi connectivity index (χ2v) is 6.54. The minimum absolute atomic E-state index is 0.174. The fourth-order valence-electron chi connectivity index (χ4n) is 2.30. The van der Waals surface area contributed by atoms with Gasteiger partial charge in [-0.15, -0.1) is 0 Å². The molecule has 0 fully saturated rings. The zero-order valence-corrected chi connectivity index (χ0v) is 15.4. The second kappa shape index (κ2) is 8.11. The summed E-state index contributed by atoms with van der Waals surface area (Å²) in [5.74, 6) is 0.136. The number of anilines is 1. The number of hydrogen-bond donors (Lipinski definition) is 1. The predicted molar refractivity (Wildman–Crippen MR) is 104 cm³/mol. The van der Waals surface area contributed by atoms with Gasteiger partial charge in [-0.3, -0.25) is 4.79 Å². The van der Waals surface area contributed by atoms with Gasteiger partial charge in [0.25, 0.3) is 5.91 Å². The van der Waals surface area contributed by atoms with Crippen LogP contribution in [0.3, 0.4) is 0 Å². The Bertz CT molecular complexity index is 898. The highest BCUT2D eigenvalue weighted by molar-refractivity contribution is 14.1. The maximum absolute atomic E-state index is 13.2. The highest BCUT2D eigenvalue weighted by Crippen LogP contribution is 2.20. The van der Waals surface area contributed by atoms with Crippen LogP contribution in [-0.4, -0.2) is 5.91 Å². The summed E-state index contributed by atoms with van der Waals surface area (Å²) in [6, 6.07) is 20.8. The molecule has 0 aliphatic heterocycles. The highest BCUT2D eigenvalue weighted by atomic mass is 127. The quantitative estimate of drug-likeness (QED) is 0.542. The molecule has 3 aromatic carbocycles. The highest BCUT2D eigenvalue weighted by Gasteiger charge is 2.09. The van der Waals surface area contributed by atoms with E-state index >= 15 is 0 Å². The van der Waals surface area contributed by atoms with Gasteiger partial charge in [-0.05, 0) is 64.6 Å². The zero-order chi connectivity index (χ0) is 17.6. The lowest BCUT2D eigenvalue weighted by molar-refractivity contribution is 0.102. The van der Waals surface area contributed by atoms with Crippen molar-refractivity contribution >= 4 is 34.2 Å². The van der Waals surface area contributed by atoms with E-state index in [0.717, 1.165) is 9.13 Å². The van der Waals surface area contributed by atoms with Crippen LogP contribution in [0.2, 0.25) is 0 Å². The minimum Gasteiger partial charge on any atom is -0.489 e. The molecule has 1 N–H and O–H groups in total. The van der Waals surface area contributed by atoms with Gasteiger partial charge in [0.05, 0.1) is 5.56 Å². The SMILES string of the molecule is O=C(Nc1cccc(OCc2cccc(F)c2)c1)c1ccccc1I. The van der Waals surface area contributed by atoms with Crippen molar-refractivity contribution in [3.8, 4) is 5.75 Å². The van der Waals surface area contributed by atoms with Gasteiger partial charge in [-0.25, -0.2) is 4.39 Å². The van der Waals surface area contributed by atoms with Crippen molar-refractivity contribution in [2.24, 2.45) is 0 Å². The molecule has 0 heterocycles. The van der Waals surface area contributed by atoms with Crippen molar-refractivity contribution in [3.05, 3.63) is 93.3 Å². The lowest BCUT2D eigenvalue weighted by Crippen LogP contribution is -2.13. The summed E-state index contributed by atoms with van der Waals surface area (Å²) in [6.45, 7) is 0.256. The first kappa shape index (κ1) is 17.4. The first-order valence-corrected chi connectivity index (χ1v) is 8.73. The van der Waals surface area contributed by atoms with Crippen LogP contribution in [0.4, 0.5) is 10.1 Å². The van der Waals surface area contributed by atoms with Gasteiger partial charge >= 0.3 is 0 Å². The third kappa shape index (κ3) is 4.79. The smallest absolute Gasteiger partial charge is 0.256 e. The van der Waals surface area contributed by atoms with Crippen molar-refractivity contribution < 1.29 is 13.9 Å². The van der Waals surface area contributed by atoms with E-state index in [0.29, 0.717) is 17.0 Å². The van der Waals surface area contributed by atoms with Gasteiger partial charge in [-0.2, -0.15) is 0 Å². The molecule has 0 saturated carbocycles. The van der Waals surface area contributed by atoms with Crippen molar-refractivity contribution in [2.45, 2.75) is 6.61 Å². The number of amides is 1. The van der Waals surface area contributed by atoms with E-state index in [-0.39, 0.29) is 18.3 Å². The lowest BCUT2D eigenvalue weighted by atomic mass is 10.2. The van der Waals surface area contributed by atoms with Gasteiger partial charge in [-0.1, -0.05) is 30.3 Å². The van der Waals surface area contributed by atoms with E-state index in [4.69, 9.17) is 4.74 Å². The fourth-order valence-corrected chi connectivity index (χ4v) is 2.93. The molecular formula is C20H15FINO2. The fraction of sp³-hybridized carbons (Fsp3) is 0.0500. The van der Waals surface area contributed by atoms with Crippen LogP contribution in [0, 0.1) is 9.39 Å². The number of halogens is 2. The molecule has 0 aliphatic rings. The van der Waals surface area contributed by atoms with E-state index in [1.165, 1.54) is 12.1 Å². The number of ether oxygens (including phenoxy) is 1. The van der Waals surface area contributed by atoms with Gasteiger partial charge in [0.15, 0.2) is 0 Å². The molecule has 0 spiro atoms. The van der Waals surface area contributed by atoms with E-state index < -0.39 is 0 Å².